The van der Waals surface area contributed by atoms with Crippen LogP contribution in [0.3, 0.4) is 0 Å². The number of hydrogen-bond donors (Lipinski definition) is 1. The Kier molecular flexibility index (Phi) is 6.49. The molecular formula is C25H28FN3O2. The second-order valence-corrected chi connectivity index (χ2v) is 7.90. The molecule has 3 aromatic rings. The van der Waals surface area contributed by atoms with E-state index >= 15 is 0 Å². The Morgan fingerprint density at radius 1 is 1.06 bits per heavy atom. The van der Waals surface area contributed by atoms with E-state index in [-0.39, 0.29) is 5.82 Å². The first-order valence-corrected chi connectivity index (χ1v) is 10.5. The van der Waals surface area contributed by atoms with Crippen LogP contribution < -0.4 is 9.64 Å². The van der Waals surface area contributed by atoms with Crippen molar-refractivity contribution < 1.29 is 14.2 Å². The van der Waals surface area contributed by atoms with Crippen molar-refractivity contribution in [3.63, 3.8) is 0 Å². The maximum atomic E-state index is 14.9. The molecule has 0 saturated carbocycles. The minimum absolute atomic E-state index is 0.314. The highest BCUT2D eigenvalue weighted by atomic mass is 19.1. The maximum Gasteiger partial charge on any atom is 0.146 e. The summed E-state index contributed by atoms with van der Waals surface area (Å²) in [5.74, 6) is 0.539. The van der Waals surface area contributed by atoms with Crippen molar-refractivity contribution in [2.24, 2.45) is 0 Å². The lowest BCUT2D eigenvalue weighted by Crippen LogP contribution is -2.46. The van der Waals surface area contributed by atoms with Gasteiger partial charge in [-0.3, -0.25) is 9.88 Å². The average molecular weight is 422 g/mol. The molecule has 0 aliphatic carbocycles. The van der Waals surface area contributed by atoms with Gasteiger partial charge in [-0.05, 0) is 42.3 Å². The van der Waals surface area contributed by atoms with E-state index < -0.39 is 6.10 Å². The zero-order valence-corrected chi connectivity index (χ0v) is 18.0. The highest BCUT2D eigenvalue weighted by molar-refractivity contribution is 5.58. The number of benzene rings is 2. The normalized spacial score (nSPS) is 15.7. The molecule has 6 heteroatoms. The van der Waals surface area contributed by atoms with Crippen molar-refractivity contribution in [1.29, 1.82) is 0 Å². The van der Waals surface area contributed by atoms with Gasteiger partial charge in [-0.2, -0.15) is 0 Å². The third kappa shape index (κ3) is 4.70. The summed E-state index contributed by atoms with van der Waals surface area (Å²) in [6, 6.07) is 16.7. The van der Waals surface area contributed by atoms with Crippen LogP contribution in [0.25, 0.3) is 0 Å². The quantitative estimate of drug-likeness (QED) is 0.653. The number of rotatable bonds is 6. The van der Waals surface area contributed by atoms with E-state index in [1.54, 1.807) is 25.4 Å². The number of nitrogens with zero attached hydrogens (tertiary/aromatic N) is 3. The number of aryl methyl sites for hydroxylation is 1. The summed E-state index contributed by atoms with van der Waals surface area (Å²) < 4.78 is 20.3. The van der Waals surface area contributed by atoms with Crippen LogP contribution in [-0.4, -0.2) is 48.3 Å². The SMILES string of the molecule is COc1cccc(CN2CCN(c3c(F)cccc3[C@@H](O)c3ncccc3C)CC2)c1. The van der Waals surface area contributed by atoms with Crippen molar-refractivity contribution >= 4 is 5.69 Å². The van der Waals surface area contributed by atoms with E-state index in [1.165, 1.54) is 11.6 Å². The zero-order chi connectivity index (χ0) is 21.8. The van der Waals surface area contributed by atoms with Gasteiger partial charge in [0.05, 0.1) is 18.5 Å². The molecule has 1 aromatic heterocycles. The number of aliphatic hydroxyl groups excluding tert-OH is 1. The standard InChI is InChI=1S/C25H28FN3O2/c1-18-6-5-11-27-23(18)25(30)21-9-4-10-22(26)24(21)29-14-12-28(13-15-29)17-19-7-3-8-20(16-19)31-2/h3-11,16,25,30H,12-15,17H2,1-2H3/t25-/m1/s1. The first-order valence-electron chi connectivity index (χ1n) is 10.5. The molecule has 0 spiro atoms. The Morgan fingerprint density at radius 2 is 1.84 bits per heavy atom. The molecule has 1 fully saturated rings. The topological polar surface area (TPSA) is 48.8 Å². The van der Waals surface area contributed by atoms with Gasteiger partial charge in [-0.25, -0.2) is 4.39 Å². The Morgan fingerprint density at radius 3 is 2.58 bits per heavy atom. The number of hydrogen-bond acceptors (Lipinski definition) is 5. The number of anilines is 1. The van der Waals surface area contributed by atoms with E-state index in [0.29, 0.717) is 30.0 Å². The van der Waals surface area contributed by atoms with Gasteiger partial charge in [0.25, 0.3) is 0 Å². The Bertz CT molecular complexity index is 1030. The smallest absolute Gasteiger partial charge is 0.146 e. The number of methoxy groups -OCH3 is 1. The van der Waals surface area contributed by atoms with Crippen molar-refractivity contribution in [3.05, 3.63) is 89.0 Å². The van der Waals surface area contributed by atoms with E-state index in [4.69, 9.17) is 4.74 Å². The zero-order valence-electron chi connectivity index (χ0n) is 18.0. The van der Waals surface area contributed by atoms with E-state index in [1.807, 2.05) is 42.2 Å². The fourth-order valence-electron chi connectivity index (χ4n) is 4.18. The molecule has 0 bridgehead atoms. The number of aliphatic hydroxyl groups is 1. The third-order valence-electron chi connectivity index (χ3n) is 5.85. The van der Waals surface area contributed by atoms with E-state index in [0.717, 1.165) is 30.9 Å². The molecule has 1 saturated heterocycles. The molecule has 1 aliphatic heterocycles. The van der Waals surface area contributed by atoms with Crippen LogP contribution in [-0.2, 0) is 6.54 Å². The van der Waals surface area contributed by atoms with Crippen molar-refractivity contribution in [1.82, 2.24) is 9.88 Å². The summed E-state index contributed by atoms with van der Waals surface area (Å²) in [4.78, 5) is 8.72. The van der Waals surface area contributed by atoms with Gasteiger partial charge < -0.3 is 14.7 Å². The van der Waals surface area contributed by atoms with E-state index in [2.05, 4.69) is 16.0 Å². The molecule has 31 heavy (non-hydrogen) atoms. The molecule has 1 aliphatic rings. The minimum atomic E-state index is -0.971. The summed E-state index contributed by atoms with van der Waals surface area (Å²) in [7, 11) is 1.67. The first-order chi connectivity index (χ1) is 15.1. The average Bonchev–Trinajstić information content (AvgIpc) is 2.79. The number of ether oxygens (including phenoxy) is 1. The van der Waals surface area contributed by atoms with Gasteiger partial charge in [-0.1, -0.05) is 30.3 Å². The Labute approximate surface area is 182 Å². The molecule has 1 atom stereocenters. The lowest BCUT2D eigenvalue weighted by molar-refractivity contribution is 0.213. The Hall–Kier alpha value is -2.96. The monoisotopic (exact) mass is 421 g/mol. The van der Waals surface area contributed by atoms with Crippen LogP contribution >= 0.6 is 0 Å². The predicted molar refractivity (Wildman–Crippen MR) is 120 cm³/mol. The number of pyridine rings is 1. The predicted octanol–water partition coefficient (Wildman–Crippen LogP) is 3.94. The van der Waals surface area contributed by atoms with Crippen LogP contribution in [0, 0.1) is 12.7 Å². The van der Waals surface area contributed by atoms with Crippen LogP contribution in [0.4, 0.5) is 10.1 Å². The highest BCUT2D eigenvalue weighted by Crippen LogP contribution is 2.34. The van der Waals surface area contributed by atoms with Gasteiger partial charge in [-0.15, -0.1) is 0 Å². The van der Waals surface area contributed by atoms with Gasteiger partial charge in [0.15, 0.2) is 0 Å². The van der Waals surface area contributed by atoms with Crippen LogP contribution in [0.15, 0.2) is 60.8 Å². The minimum Gasteiger partial charge on any atom is -0.497 e. The van der Waals surface area contributed by atoms with E-state index in [9.17, 15) is 9.50 Å². The van der Waals surface area contributed by atoms with Gasteiger partial charge in [0.1, 0.15) is 17.7 Å². The van der Waals surface area contributed by atoms with Crippen LogP contribution in [0.2, 0.25) is 0 Å². The van der Waals surface area contributed by atoms with Crippen molar-refractivity contribution in [2.45, 2.75) is 19.6 Å². The Balaban J connectivity index is 1.50. The van der Waals surface area contributed by atoms with Crippen LogP contribution in [0.1, 0.15) is 28.5 Å². The molecule has 162 valence electrons. The summed E-state index contributed by atoms with van der Waals surface area (Å²) >= 11 is 0. The van der Waals surface area contributed by atoms with Crippen LogP contribution in [0.5, 0.6) is 5.75 Å². The molecule has 5 nitrogen and oxygen atoms in total. The second kappa shape index (κ2) is 9.45. The summed E-state index contributed by atoms with van der Waals surface area (Å²) in [6.45, 7) is 5.72. The van der Waals surface area contributed by atoms with Gasteiger partial charge >= 0.3 is 0 Å². The molecule has 2 aromatic carbocycles. The molecule has 4 rings (SSSR count). The fourth-order valence-corrected chi connectivity index (χ4v) is 4.18. The number of para-hydroxylation sites is 1. The highest BCUT2D eigenvalue weighted by Gasteiger charge is 2.26. The molecule has 2 heterocycles. The second-order valence-electron chi connectivity index (χ2n) is 7.90. The van der Waals surface area contributed by atoms with Gasteiger partial charge in [0, 0.05) is 44.5 Å². The number of piperazine rings is 1. The lowest BCUT2D eigenvalue weighted by Gasteiger charge is -2.37. The molecule has 1 N–H and O–H groups in total. The molecule has 0 amide bonds. The third-order valence-corrected chi connectivity index (χ3v) is 5.85. The molecular weight excluding hydrogens is 393 g/mol. The summed E-state index contributed by atoms with van der Waals surface area (Å²) in [6.07, 6.45) is 0.684. The number of halogens is 1. The van der Waals surface area contributed by atoms with Crippen molar-refractivity contribution in [2.75, 3.05) is 38.2 Å². The largest absolute Gasteiger partial charge is 0.497 e. The summed E-state index contributed by atoms with van der Waals surface area (Å²) in [5.41, 5.74) is 3.67. The molecule has 0 radical (unpaired) electrons. The summed E-state index contributed by atoms with van der Waals surface area (Å²) in [5, 5.41) is 11.0. The maximum absolute atomic E-state index is 14.9. The fraction of sp³-hybridized carbons (Fsp3) is 0.320. The molecule has 0 unspecified atom stereocenters. The number of aromatic nitrogens is 1. The lowest BCUT2D eigenvalue weighted by atomic mass is 9.99. The van der Waals surface area contributed by atoms with Crippen molar-refractivity contribution in [3.8, 4) is 5.75 Å². The first kappa shape index (κ1) is 21.3. The van der Waals surface area contributed by atoms with Gasteiger partial charge in [0.2, 0.25) is 0 Å².